The Kier molecular flexibility index (Phi) is 3.62. The molecule has 0 fully saturated rings. The number of nitrogens with two attached hydrogens (primary N) is 1. The summed E-state index contributed by atoms with van der Waals surface area (Å²) in [6, 6.07) is 1.69. The summed E-state index contributed by atoms with van der Waals surface area (Å²) in [6.07, 6.45) is -4.61. The highest BCUT2D eigenvalue weighted by atomic mass is 32.1. The number of nitrogens with zero attached hydrogens (tertiary/aromatic N) is 2. The quantitative estimate of drug-likeness (QED) is 0.913. The number of thiazole rings is 1. The molecule has 0 bridgehead atoms. The number of amides is 1. The molecule has 0 saturated heterocycles. The first-order chi connectivity index (χ1) is 9.27. The Morgan fingerprint density at radius 2 is 2.05 bits per heavy atom. The fraction of sp³-hybridized carbons (Fsp3) is 0.182. The fourth-order valence-electron chi connectivity index (χ4n) is 1.42. The van der Waals surface area contributed by atoms with E-state index < -0.39 is 17.8 Å². The monoisotopic (exact) mass is 302 g/mol. The molecular formula is C11H9F3N4OS. The minimum atomic E-state index is -4.61. The molecule has 1 amide bonds. The van der Waals surface area contributed by atoms with Crippen LogP contribution >= 0.6 is 11.3 Å². The van der Waals surface area contributed by atoms with Crippen LogP contribution in [0.5, 0.6) is 0 Å². The summed E-state index contributed by atoms with van der Waals surface area (Å²) in [4.78, 5) is 18.7. The van der Waals surface area contributed by atoms with E-state index in [2.05, 4.69) is 15.3 Å². The van der Waals surface area contributed by atoms with Gasteiger partial charge < -0.3 is 11.1 Å². The lowest BCUT2D eigenvalue weighted by molar-refractivity contribution is -0.141. The number of aromatic nitrogens is 2. The Morgan fingerprint density at radius 1 is 1.35 bits per heavy atom. The number of aryl methyl sites for hydroxylation is 1. The molecule has 20 heavy (non-hydrogen) atoms. The third-order valence-corrected chi connectivity index (χ3v) is 3.17. The maximum atomic E-state index is 12.6. The first kappa shape index (κ1) is 14.3. The molecule has 0 aliphatic heterocycles. The van der Waals surface area contributed by atoms with E-state index in [1.807, 2.05) is 0 Å². The minimum Gasteiger partial charge on any atom is -0.365 e. The van der Waals surface area contributed by atoms with Crippen molar-refractivity contribution in [1.82, 2.24) is 9.97 Å². The molecule has 0 aliphatic carbocycles. The molecule has 3 N–H and O–H groups in total. The van der Waals surface area contributed by atoms with Gasteiger partial charge in [-0.1, -0.05) is 0 Å². The van der Waals surface area contributed by atoms with E-state index in [4.69, 9.17) is 5.73 Å². The van der Waals surface area contributed by atoms with Gasteiger partial charge >= 0.3 is 6.18 Å². The maximum Gasteiger partial charge on any atom is 0.433 e. The SMILES string of the molecule is Cc1csc(Nc2nc(C(F)(F)F)ccc2C(N)=O)n1. The summed E-state index contributed by atoms with van der Waals surface area (Å²) >= 11 is 1.18. The average Bonchev–Trinajstić information content (AvgIpc) is 2.73. The summed E-state index contributed by atoms with van der Waals surface area (Å²) in [5.41, 5.74) is 4.57. The second-order valence-electron chi connectivity index (χ2n) is 3.87. The maximum absolute atomic E-state index is 12.6. The van der Waals surface area contributed by atoms with Crippen molar-refractivity contribution < 1.29 is 18.0 Å². The van der Waals surface area contributed by atoms with E-state index in [1.54, 1.807) is 12.3 Å². The van der Waals surface area contributed by atoms with Gasteiger partial charge in [0, 0.05) is 5.38 Å². The third kappa shape index (κ3) is 3.05. The Balaban J connectivity index is 2.44. The zero-order valence-electron chi connectivity index (χ0n) is 10.2. The van der Waals surface area contributed by atoms with Crippen molar-refractivity contribution in [1.29, 1.82) is 0 Å². The number of alkyl halides is 3. The fourth-order valence-corrected chi connectivity index (χ4v) is 2.11. The van der Waals surface area contributed by atoms with Gasteiger partial charge in [0.25, 0.3) is 5.91 Å². The molecule has 0 saturated carbocycles. The Labute approximate surface area is 115 Å². The van der Waals surface area contributed by atoms with Crippen LogP contribution in [0.4, 0.5) is 24.1 Å². The second-order valence-corrected chi connectivity index (χ2v) is 4.73. The summed E-state index contributed by atoms with van der Waals surface area (Å²) < 4.78 is 37.9. The van der Waals surface area contributed by atoms with Gasteiger partial charge in [0.05, 0.1) is 11.3 Å². The van der Waals surface area contributed by atoms with Gasteiger partial charge in [-0.3, -0.25) is 4.79 Å². The lowest BCUT2D eigenvalue weighted by Gasteiger charge is -2.11. The van der Waals surface area contributed by atoms with Crippen LogP contribution in [0.25, 0.3) is 0 Å². The summed E-state index contributed by atoms with van der Waals surface area (Å²) in [7, 11) is 0. The second kappa shape index (κ2) is 5.08. The lowest BCUT2D eigenvalue weighted by atomic mass is 10.2. The smallest absolute Gasteiger partial charge is 0.365 e. The van der Waals surface area contributed by atoms with E-state index >= 15 is 0 Å². The highest BCUT2D eigenvalue weighted by Gasteiger charge is 2.33. The summed E-state index contributed by atoms with van der Waals surface area (Å²) in [6.45, 7) is 1.73. The zero-order chi connectivity index (χ0) is 14.9. The highest BCUT2D eigenvalue weighted by molar-refractivity contribution is 7.13. The number of carbonyl (C=O) groups is 1. The molecule has 2 aromatic rings. The van der Waals surface area contributed by atoms with Crippen molar-refractivity contribution in [2.24, 2.45) is 5.73 Å². The molecule has 0 atom stereocenters. The van der Waals surface area contributed by atoms with Crippen LogP contribution in [0.2, 0.25) is 0 Å². The van der Waals surface area contributed by atoms with E-state index in [-0.39, 0.29) is 11.4 Å². The number of nitrogens with one attached hydrogen (secondary N) is 1. The number of carbonyl (C=O) groups excluding carboxylic acids is 1. The van der Waals surface area contributed by atoms with Crippen molar-refractivity contribution in [2.45, 2.75) is 13.1 Å². The van der Waals surface area contributed by atoms with E-state index in [1.165, 1.54) is 11.3 Å². The van der Waals surface area contributed by atoms with Crippen molar-refractivity contribution in [3.8, 4) is 0 Å². The van der Waals surface area contributed by atoms with Gasteiger partial charge in [-0.05, 0) is 19.1 Å². The third-order valence-electron chi connectivity index (χ3n) is 2.30. The molecule has 0 aliphatic rings. The average molecular weight is 302 g/mol. The molecule has 0 radical (unpaired) electrons. The summed E-state index contributed by atoms with van der Waals surface area (Å²) in [5.74, 6) is -1.14. The van der Waals surface area contributed by atoms with Crippen LogP contribution < -0.4 is 11.1 Å². The number of rotatable bonds is 3. The van der Waals surface area contributed by atoms with Gasteiger partial charge in [-0.2, -0.15) is 13.2 Å². The van der Waals surface area contributed by atoms with Crippen LogP contribution in [0.3, 0.4) is 0 Å². The standard InChI is InChI=1S/C11H9F3N4OS/c1-5-4-20-10(16-5)18-9-6(8(15)19)2-3-7(17-9)11(12,13)14/h2-4H,1H3,(H2,15,19)(H,16,17,18). The van der Waals surface area contributed by atoms with E-state index in [0.29, 0.717) is 16.9 Å². The molecule has 2 aromatic heterocycles. The number of hydrogen-bond acceptors (Lipinski definition) is 5. The number of anilines is 2. The first-order valence-corrected chi connectivity index (χ1v) is 6.22. The topological polar surface area (TPSA) is 80.9 Å². The summed E-state index contributed by atoms with van der Waals surface area (Å²) in [5, 5.41) is 4.62. The molecule has 0 spiro atoms. The van der Waals surface area contributed by atoms with Crippen LogP contribution in [0, 0.1) is 6.92 Å². The van der Waals surface area contributed by atoms with Crippen molar-refractivity contribution in [2.75, 3.05) is 5.32 Å². The van der Waals surface area contributed by atoms with Gasteiger partial charge in [0.15, 0.2) is 5.13 Å². The van der Waals surface area contributed by atoms with Crippen LogP contribution in [0.15, 0.2) is 17.5 Å². The Bertz CT molecular complexity index is 653. The number of pyridine rings is 1. The largest absolute Gasteiger partial charge is 0.433 e. The molecule has 106 valence electrons. The predicted molar refractivity (Wildman–Crippen MR) is 67.9 cm³/mol. The first-order valence-electron chi connectivity index (χ1n) is 5.34. The number of halogens is 3. The predicted octanol–water partition coefficient (Wildman–Crippen LogP) is 2.71. The molecule has 0 aromatic carbocycles. The van der Waals surface area contributed by atoms with E-state index in [0.717, 1.165) is 6.07 Å². The van der Waals surface area contributed by atoms with Crippen molar-refractivity contribution in [3.05, 3.63) is 34.5 Å². The normalized spacial score (nSPS) is 11.4. The van der Waals surface area contributed by atoms with Crippen LogP contribution in [0.1, 0.15) is 21.7 Å². The van der Waals surface area contributed by atoms with Gasteiger partial charge in [0.2, 0.25) is 0 Å². The molecule has 2 rings (SSSR count). The highest BCUT2D eigenvalue weighted by Crippen LogP contribution is 2.30. The lowest BCUT2D eigenvalue weighted by Crippen LogP contribution is -2.17. The van der Waals surface area contributed by atoms with Crippen molar-refractivity contribution in [3.63, 3.8) is 0 Å². The number of hydrogen-bond donors (Lipinski definition) is 2. The zero-order valence-corrected chi connectivity index (χ0v) is 11.0. The molecule has 5 nitrogen and oxygen atoms in total. The number of primary amides is 1. The molecular weight excluding hydrogens is 293 g/mol. The van der Waals surface area contributed by atoms with Gasteiger partial charge in [-0.25, -0.2) is 9.97 Å². The minimum absolute atomic E-state index is 0.133. The van der Waals surface area contributed by atoms with E-state index in [9.17, 15) is 18.0 Å². The Morgan fingerprint density at radius 3 is 2.55 bits per heavy atom. The molecule has 2 heterocycles. The Hall–Kier alpha value is -2.16. The molecule has 0 unspecified atom stereocenters. The van der Waals surface area contributed by atoms with Gasteiger partial charge in [-0.15, -0.1) is 11.3 Å². The van der Waals surface area contributed by atoms with Crippen LogP contribution in [-0.4, -0.2) is 15.9 Å². The van der Waals surface area contributed by atoms with Crippen molar-refractivity contribution >= 4 is 28.2 Å². The van der Waals surface area contributed by atoms with Crippen LogP contribution in [-0.2, 0) is 6.18 Å². The van der Waals surface area contributed by atoms with Gasteiger partial charge in [0.1, 0.15) is 11.5 Å². The molecule has 9 heteroatoms.